The van der Waals surface area contributed by atoms with Crippen LogP contribution in [-0.2, 0) is 11.2 Å². The minimum absolute atomic E-state index is 0.264. The summed E-state index contributed by atoms with van der Waals surface area (Å²) in [7, 11) is 0. The predicted molar refractivity (Wildman–Crippen MR) is 115 cm³/mol. The van der Waals surface area contributed by atoms with E-state index in [0.717, 1.165) is 12.0 Å². The van der Waals surface area contributed by atoms with E-state index in [1.165, 1.54) is 47.8 Å². The molecular weight excluding hydrogens is 360 g/mol. The highest BCUT2D eigenvalue weighted by Gasteiger charge is 2.41. The van der Waals surface area contributed by atoms with Crippen molar-refractivity contribution in [1.82, 2.24) is 0 Å². The normalized spacial score (nSPS) is 20.6. The monoisotopic (exact) mass is 384 g/mol. The number of rotatable bonds is 5. The fourth-order valence-electron chi connectivity index (χ4n) is 4.62. The number of hydrogen-bond donors (Lipinski definition) is 1. The lowest BCUT2D eigenvalue weighted by molar-refractivity contribution is -0.132. The van der Waals surface area contributed by atoms with Gasteiger partial charge in [0.15, 0.2) is 0 Å². The van der Waals surface area contributed by atoms with E-state index < -0.39 is 5.97 Å². The van der Waals surface area contributed by atoms with Gasteiger partial charge in [-0.15, -0.1) is 0 Å². The minimum Gasteiger partial charge on any atom is -0.477 e. The summed E-state index contributed by atoms with van der Waals surface area (Å²) in [6.45, 7) is 2.17. The van der Waals surface area contributed by atoms with E-state index in [-0.39, 0.29) is 5.57 Å². The molecule has 1 aliphatic heterocycles. The Balaban J connectivity index is 1.66. The Kier molecular flexibility index (Phi) is 5.22. The number of carbonyl (C=O) groups is 1. The van der Waals surface area contributed by atoms with Gasteiger partial charge in [-0.2, -0.15) is 5.26 Å². The average Bonchev–Trinajstić information content (AvgIpc) is 3.32. The van der Waals surface area contributed by atoms with Crippen molar-refractivity contribution in [3.05, 3.63) is 76.9 Å². The van der Waals surface area contributed by atoms with E-state index in [2.05, 4.69) is 54.3 Å². The number of allylic oxidation sites excluding steroid dienone is 2. The van der Waals surface area contributed by atoms with Crippen molar-refractivity contribution >= 4 is 23.4 Å². The number of fused-ring (bicyclic) bond motifs is 3. The number of aliphatic carboxylic acids is 1. The highest BCUT2D eigenvalue weighted by molar-refractivity contribution is 5.91. The molecule has 0 amide bonds. The lowest BCUT2D eigenvalue weighted by atomic mass is 9.96. The third kappa shape index (κ3) is 3.56. The second kappa shape index (κ2) is 7.97. The highest BCUT2D eigenvalue weighted by atomic mass is 16.4. The van der Waals surface area contributed by atoms with Gasteiger partial charge in [0.1, 0.15) is 11.6 Å². The van der Waals surface area contributed by atoms with Crippen LogP contribution >= 0.6 is 0 Å². The first kappa shape index (κ1) is 19.0. The first-order valence-electron chi connectivity index (χ1n) is 10.2. The number of carboxylic acid groups (broad SMARTS) is 1. The molecule has 146 valence electrons. The standard InChI is InChI=1S/C25H24N2O2/c1-2-17-9-12-20(13-10-17)27-23-8-4-7-21(23)22-15-18(11-14-24(22)27)5-3-6-19(16-26)25(28)29/h3,5-6,9-15,21,23H,2,4,7-8H2,1H3,(H,28,29). The van der Waals surface area contributed by atoms with Gasteiger partial charge in [0.25, 0.3) is 0 Å². The van der Waals surface area contributed by atoms with Crippen LogP contribution in [0.2, 0.25) is 0 Å². The van der Waals surface area contributed by atoms with Crippen molar-refractivity contribution in [2.45, 2.75) is 44.6 Å². The molecule has 2 atom stereocenters. The molecule has 0 aromatic heterocycles. The first-order valence-corrected chi connectivity index (χ1v) is 10.2. The Morgan fingerprint density at radius 1 is 1.24 bits per heavy atom. The number of hydrogen-bond acceptors (Lipinski definition) is 3. The summed E-state index contributed by atoms with van der Waals surface area (Å²) in [4.78, 5) is 13.4. The van der Waals surface area contributed by atoms with Crippen molar-refractivity contribution in [3.63, 3.8) is 0 Å². The summed E-state index contributed by atoms with van der Waals surface area (Å²) in [5.41, 5.74) is 6.01. The third-order valence-corrected chi connectivity index (χ3v) is 6.05. The number of anilines is 2. The number of nitrogens with zero attached hydrogens (tertiary/aromatic N) is 2. The largest absolute Gasteiger partial charge is 0.477 e. The molecule has 4 heteroatoms. The van der Waals surface area contributed by atoms with Crippen LogP contribution in [-0.4, -0.2) is 17.1 Å². The molecule has 0 spiro atoms. The highest BCUT2D eigenvalue weighted by Crippen LogP contribution is 2.52. The molecule has 1 aliphatic carbocycles. The van der Waals surface area contributed by atoms with Gasteiger partial charge >= 0.3 is 5.97 Å². The predicted octanol–water partition coefficient (Wildman–Crippen LogP) is 5.58. The average molecular weight is 384 g/mol. The second-order valence-corrected chi connectivity index (χ2v) is 7.67. The Hall–Kier alpha value is -3.32. The number of carboxylic acids is 1. The van der Waals surface area contributed by atoms with Crippen LogP contribution in [0.15, 0.2) is 60.2 Å². The zero-order chi connectivity index (χ0) is 20.4. The smallest absolute Gasteiger partial charge is 0.346 e. The van der Waals surface area contributed by atoms with Gasteiger partial charge in [0.05, 0.1) is 0 Å². The van der Waals surface area contributed by atoms with E-state index in [4.69, 9.17) is 10.4 Å². The van der Waals surface area contributed by atoms with Gasteiger partial charge < -0.3 is 10.0 Å². The van der Waals surface area contributed by atoms with Crippen molar-refractivity contribution in [3.8, 4) is 6.07 Å². The summed E-state index contributed by atoms with van der Waals surface area (Å²) >= 11 is 0. The van der Waals surface area contributed by atoms with Crippen LogP contribution in [0.1, 0.15) is 48.8 Å². The minimum atomic E-state index is -1.20. The van der Waals surface area contributed by atoms with Crippen molar-refractivity contribution in [2.75, 3.05) is 4.90 Å². The van der Waals surface area contributed by atoms with Gasteiger partial charge in [-0.25, -0.2) is 4.79 Å². The number of benzene rings is 2. The Morgan fingerprint density at radius 3 is 2.72 bits per heavy atom. The quantitative estimate of drug-likeness (QED) is 0.415. The van der Waals surface area contributed by atoms with Gasteiger partial charge in [-0.3, -0.25) is 0 Å². The first-order chi connectivity index (χ1) is 14.1. The molecule has 1 saturated carbocycles. The summed E-state index contributed by atoms with van der Waals surface area (Å²) < 4.78 is 0. The maximum Gasteiger partial charge on any atom is 0.346 e. The summed E-state index contributed by atoms with van der Waals surface area (Å²) in [6.07, 6.45) is 9.53. The van der Waals surface area contributed by atoms with Crippen LogP contribution in [0.4, 0.5) is 11.4 Å². The lowest BCUT2D eigenvalue weighted by Crippen LogP contribution is -2.26. The van der Waals surface area contributed by atoms with Gasteiger partial charge in [0.2, 0.25) is 0 Å². The molecule has 2 aromatic rings. The molecule has 4 nitrogen and oxygen atoms in total. The molecule has 2 aromatic carbocycles. The van der Waals surface area contributed by atoms with Crippen LogP contribution in [0.3, 0.4) is 0 Å². The van der Waals surface area contributed by atoms with Crippen LogP contribution in [0, 0.1) is 11.3 Å². The topological polar surface area (TPSA) is 64.3 Å². The zero-order valence-corrected chi connectivity index (χ0v) is 16.5. The molecule has 2 aliphatic rings. The summed E-state index contributed by atoms with van der Waals surface area (Å²) in [6, 6.07) is 17.6. The maximum atomic E-state index is 10.9. The fraction of sp³-hybridized carbons (Fsp3) is 0.280. The van der Waals surface area contributed by atoms with E-state index >= 15 is 0 Å². The summed E-state index contributed by atoms with van der Waals surface area (Å²) in [5.74, 6) is -0.668. The second-order valence-electron chi connectivity index (χ2n) is 7.67. The zero-order valence-electron chi connectivity index (χ0n) is 16.5. The summed E-state index contributed by atoms with van der Waals surface area (Å²) in [5, 5.41) is 17.8. The molecular formula is C25H24N2O2. The van der Waals surface area contributed by atoms with E-state index in [9.17, 15) is 4.79 Å². The number of nitriles is 1. The molecule has 0 saturated heterocycles. The van der Waals surface area contributed by atoms with Crippen LogP contribution < -0.4 is 4.90 Å². The third-order valence-electron chi connectivity index (χ3n) is 6.05. The lowest BCUT2D eigenvalue weighted by Gasteiger charge is -2.27. The van der Waals surface area contributed by atoms with Crippen molar-refractivity contribution in [2.24, 2.45) is 0 Å². The van der Waals surface area contributed by atoms with Gasteiger partial charge in [-0.05, 0) is 66.3 Å². The molecule has 29 heavy (non-hydrogen) atoms. The van der Waals surface area contributed by atoms with Crippen molar-refractivity contribution in [1.29, 1.82) is 5.26 Å². The molecule has 1 N–H and O–H groups in total. The van der Waals surface area contributed by atoms with E-state index in [1.54, 1.807) is 12.1 Å². The van der Waals surface area contributed by atoms with E-state index in [1.807, 2.05) is 6.08 Å². The van der Waals surface area contributed by atoms with Gasteiger partial charge in [0, 0.05) is 23.3 Å². The molecule has 1 fully saturated rings. The van der Waals surface area contributed by atoms with Crippen LogP contribution in [0.25, 0.3) is 6.08 Å². The fourth-order valence-corrected chi connectivity index (χ4v) is 4.62. The molecule has 2 unspecified atom stereocenters. The molecule has 0 radical (unpaired) electrons. The molecule has 0 bridgehead atoms. The van der Waals surface area contributed by atoms with Gasteiger partial charge in [-0.1, -0.05) is 43.7 Å². The maximum absolute atomic E-state index is 10.9. The number of aryl methyl sites for hydroxylation is 1. The van der Waals surface area contributed by atoms with E-state index in [0.29, 0.717) is 12.0 Å². The SMILES string of the molecule is CCc1ccc(N2c3ccc(C=CC=C(C#N)C(=O)O)cc3C3CCCC32)cc1. The Bertz CT molecular complexity index is 1030. The van der Waals surface area contributed by atoms with Crippen LogP contribution in [0.5, 0.6) is 0 Å². The molecule has 4 rings (SSSR count). The Labute approximate surface area is 171 Å². The molecule has 1 heterocycles. The van der Waals surface area contributed by atoms with Crippen molar-refractivity contribution < 1.29 is 9.90 Å². The Morgan fingerprint density at radius 2 is 2.03 bits per heavy atom.